The third kappa shape index (κ3) is 3.32. The molecule has 0 aliphatic carbocycles. The van der Waals surface area contributed by atoms with E-state index in [9.17, 15) is 0 Å². The summed E-state index contributed by atoms with van der Waals surface area (Å²) < 4.78 is 1.95. The predicted octanol–water partition coefficient (Wildman–Crippen LogP) is 2.61. The van der Waals surface area contributed by atoms with Crippen LogP contribution in [-0.2, 0) is 13.6 Å². The average molecular weight is 290 g/mol. The average Bonchev–Trinajstić information content (AvgIpc) is 2.75. The maximum Gasteiger partial charge on any atom is 0.0638 e. The summed E-state index contributed by atoms with van der Waals surface area (Å²) in [7, 11) is 2.03. The van der Waals surface area contributed by atoms with Gasteiger partial charge >= 0.3 is 0 Å². The third-order valence-electron chi connectivity index (χ3n) is 5.28. The Kier molecular flexibility index (Phi) is 4.65. The number of nitrogens with one attached hydrogen (secondary N) is 1. The lowest BCUT2D eigenvalue weighted by molar-refractivity contribution is 0.0176. The number of rotatable bonds is 5. The van der Waals surface area contributed by atoms with E-state index in [1.807, 2.05) is 11.7 Å². The highest BCUT2D eigenvalue weighted by Crippen LogP contribution is 2.35. The third-order valence-corrected chi connectivity index (χ3v) is 5.28. The molecule has 2 unspecified atom stereocenters. The zero-order chi connectivity index (χ0) is 14.8. The van der Waals surface area contributed by atoms with E-state index in [-0.39, 0.29) is 0 Å². The summed E-state index contributed by atoms with van der Waals surface area (Å²) in [6.45, 7) is 6.66. The first-order chi connectivity index (χ1) is 10.2. The minimum absolute atomic E-state index is 0.742. The van der Waals surface area contributed by atoms with E-state index >= 15 is 0 Å². The molecule has 4 heteroatoms. The summed E-state index contributed by atoms with van der Waals surface area (Å²) in [6.07, 6.45) is 10.3. The lowest BCUT2D eigenvalue weighted by Gasteiger charge is -2.49. The summed E-state index contributed by atoms with van der Waals surface area (Å²) in [5.41, 5.74) is 2.61. The Hall–Kier alpha value is -0.870. The highest BCUT2D eigenvalue weighted by Gasteiger charge is 2.38. The fraction of sp³-hybridized carbons (Fsp3) is 0.824. The Morgan fingerprint density at radius 1 is 1.29 bits per heavy atom. The minimum atomic E-state index is 0.742. The number of aryl methyl sites for hydroxylation is 2. The van der Waals surface area contributed by atoms with Gasteiger partial charge in [0.1, 0.15) is 0 Å². The van der Waals surface area contributed by atoms with E-state index < -0.39 is 0 Å². The summed E-state index contributed by atoms with van der Waals surface area (Å²) >= 11 is 0. The molecule has 2 atom stereocenters. The normalized spacial score (nSPS) is 29.8. The quantitative estimate of drug-likeness (QED) is 0.905. The molecular weight excluding hydrogens is 260 g/mol. The zero-order valence-corrected chi connectivity index (χ0v) is 13.8. The summed E-state index contributed by atoms with van der Waals surface area (Å²) in [6, 6.07) is 2.28. The van der Waals surface area contributed by atoms with Crippen LogP contribution in [0.3, 0.4) is 0 Å². The van der Waals surface area contributed by atoms with Gasteiger partial charge in [-0.25, -0.2) is 0 Å². The summed E-state index contributed by atoms with van der Waals surface area (Å²) in [5, 5.41) is 8.26. The second-order valence-corrected chi connectivity index (χ2v) is 6.95. The molecule has 0 radical (unpaired) electrons. The molecule has 3 heterocycles. The Bertz CT molecular complexity index is 453. The topological polar surface area (TPSA) is 33.1 Å². The van der Waals surface area contributed by atoms with Crippen LogP contribution in [-0.4, -0.2) is 39.4 Å². The van der Waals surface area contributed by atoms with Gasteiger partial charge in [-0.2, -0.15) is 5.10 Å². The van der Waals surface area contributed by atoms with Gasteiger partial charge < -0.3 is 5.32 Å². The van der Waals surface area contributed by atoms with Crippen LogP contribution < -0.4 is 5.32 Å². The van der Waals surface area contributed by atoms with Gasteiger partial charge in [0.2, 0.25) is 0 Å². The summed E-state index contributed by atoms with van der Waals surface area (Å²) in [5.74, 6) is 0. The van der Waals surface area contributed by atoms with E-state index in [1.54, 1.807) is 0 Å². The maximum absolute atomic E-state index is 4.50. The largest absolute Gasteiger partial charge is 0.314 e. The Labute approximate surface area is 128 Å². The first-order valence-electron chi connectivity index (χ1n) is 8.65. The Balaban J connectivity index is 1.67. The molecule has 2 fully saturated rings. The van der Waals surface area contributed by atoms with Crippen molar-refractivity contribution in [2.24, 2.45) is 7.05 Å². The molecule has 1 aromatic heterocycles. The van der Waals surface area contributed by atoms with Crippen LogP contribution >= 0.6 is 0 Å². The molecule has 3 rings (SSSR count). The molecular formula is C17H30N4. The second-order valence-electron chi connectivity index (χ2n) is 6.95. The molecule has 0 amide bonds. The Morgan fingerprint density at radius 3 is 2.57 bits per heavy atom. The zero-order valence-electron chi connectivity index (χ0n) is 13.8. The van der Waals surface area contributed by atoms with Crippen LogP contribution in [0.25, 0.3) is 0 Å². The molecule has 118 valence electrons. The highest BCUT2D eigenvalue weighted by molar-refractivity contribution is 5.16. The first kappa shape index (κ1) is 15.0. The molecule has 2 saturated heterocycles. The molecule has 1 aromatic rings. The Morgan fingerprint density at radius 2 is 2.00 bits per heavy atom. The number of aromatic nitrogens is 2. The highest BCUT2D eigenvalue weighted by atomic mass is 15.3. The van der Waals surface area contributed by atoms with Gasteiger partial charge in [-0.15, -0.1) is 0 Å². The van der Waals surface area contributed by atoms with Crippen molar-refractivity contribution in [2.75, 3.05) is 6.54 Å². The molecule has 4 nitrogen and oxygen atoms in total. The van der Waals surface area contributed by atoms with Gasteiger partial charge in [-0.1, -0.05) is 13.3 Å². The fourth-order valence-corrected chi connectivity index (χ4v) is 4.25. The van der Waals surface area contributed by atoms with Crippen LogP contribution in [0, 0.1) is 6.92 Å². The second kappa shape index (κ2) is 6.49. The van der Waals surface area contributed by atoms with Crippen molar-refractivity contribution < 1.29 is 0 Å². The van der Waals surface area contributed by atoms with Gasteiger partial charge in [-0.05, 0) is 45.6 Å². The van der Waals surface area contributed by atoms with Crippen molar-refractivity contribution in [1.82, 2.24) is 20.0 Å². The number of nitrogens with zero attached hydrogens (tertiary/aromatic N) is 3. The van der Waals surface area contributed by atoms with Crippen LogP contribution in [0.5, 0.6) is 0 Å². The van der Waals surface area contributed by atoms with E-state index in [1.165, 1.54) is 56.3 Å². The van der Waals surface area contributed by atoms with E-state index in [0.29, 0.717) is 0 Å². The van der Waals surface area contributed by atoms with E-state index in [4.69, 9.17) is 0 Å². The lowest BCUT2D eigenvalue weighted by atomic mass is 9.81. The van der Waals surface area contributed by atoms with Gasteiger partial charge in [0.05, 0.1) is 5.69 Å². The van der Waals surface area contributed by atoms with Crippen molar-refractivity contribution in [3.8, 4) is 0 Å². The predicted molar refractivity (Wildman–Crippen MR) is 86.2 cm³/mol. The number of piperidine rings is 2. The molecule has 2 bridgehead atoms. The van der Waals surface area contributed by atoms with Gasteiger partial charge in [-0.3, -0.25) is 9.58 Å². The summed E-state index contributed by atoms with van der Waals surface area (Å²) in [4.78, 5) is 2.78. The van der Waals surface area contributed by atoms with Crippen LogP contribution in [0.2, 0.25) is 0 Å². The number of hydrogen-bond donors (Lipinski definition) is 1. The molecule has 1 N–H and O–H groups in total. The smallest absolute Gasteiger partial charge is 0.0638 e. The monoisotopic (exact) mass is 290 g/mol. The molecule has 0 aromatic carbocycles. The van der Waals surface area contributed by atoms with Crippen molar-refractivity contribution in [2.45, 2.75) is 77.0 Å². The molecule has 0 saturated carbocycles. The molecule has 2 aliphatic heterocycles. The number of hydrogen-bond acceptors (Lipinski definition) is 3. The number of fused-ring (bicyclic) bond motifs is 2. The van der Waals surface area contributed by atoms with E-state index in [0.717, 1.165) is 24.7 Å². The van der Waals surface area contributed by atoms with E-state index in [2.05, 4.69) is 35.4 Å². The van der Waals surface area contributed by atoms with Crippen molar-refractivity contribution in [3.05, 3.63) is 17.5 Å². The molecule has 2 aliphatic rings. The SMILES string of the molecule is CCCNC1CC2CCCC(C1)N2Cc1cn(C)nc1C. The van der Waals surface area contributed by atoms with Crippen LogP contribution in [0.4, 0.5) is 0 Å². The minimum Gasteiger partial charge on any atom is -0.314 e. The standard InChI is InChI=1S/C17H30N4/c1-4-8-18-15-9-16-6-5-7-17(10-15)21(16)12-14-11-20(3)19-13(14)2/h11,15-18H,4-10,12H2,1-3H3. The lowest BCUT2D eigenvalue weighted by Crippen LogP contribution is -2.55. The van der Waals surface area contributed by atoms with Crippen molar-refractivity contribution in [1.29, 1.82) is 0 Å². The molecule has 0 spiro atoms. The van der Waals surface area contributed by atoms with Crippen LogP contribution in [0.15, 0.2) is 6.20 Å². The first-order valence-corrected chi connectivity index (χ1v) is 8.65. The maximum atomic E-state index is 4.50. The van der Waals surface area contributed by atoms with Crippen molar-refractivity contribution in [3.63, 3.8) is 0 Å². The van der Waals surface area contributed by atoms with Crippen molar-refractivity contribution >= 4 is 0 Å². The van der Waals surface area contributed by atoms with Crippen LogP contribution in [0.1, 0.15) is 56.7 Å². The molecule has 21 heavy (non-hydrogen) atoms. The van der Waals surface area contributed by atoms with Gasteiger partial charge in [0, 0.05) is 43.5 Å². The van der Waals surface area contributed by atoms with Gasteiger partial charge in [0.25, 0.3) is 0 Å². The van der Waals surface area contributed by atoms with Gasteiger partial charge in [0.15, 0.2) is 0 Å². The fourth-order valence-electron chi connectivity index (χ4n) is 4.25.